The molecule has 0 saturated carbocycles. The highest BCUT2D eigenvalue weighted by Gasteiger charge is 2.26. The molecule has 2 atom stereocenters. The van der Waals surface area contributed by atoms with E-state index >= 15 is 0 Å². The molecule has 0 aromatic heterocycles. The van der Waals surface area contributed by atoms with Gasteiger partial charge in [0, 0.05) is 6.04 Å². The number of amides is 3. The minimum Gasteiger partial charge on any atom is -0.479 e. The molecule has 0 aliphatic heterocycles. The van der Waals surface area contributed by atoms with E-state index in [1.165, 1.54) is 6.92 Å². The summed E-state index contributed by atoms with van der Waals surface area (Å²) < 4.78 is 10.6. The van der Waals surface area contributed by atoms with Gasteiger partial charge >= 0.3 is 12.0 Å². The van der Waals surface area contributed by atoms with Crippen molar-refractivity contribution in [3.05, 3.63) is 30.3 Å². The molecular formula is C17H24N2O5. The third-order valence-electron chi connectivity index (χ3n) is 2.97. The topological polar surface area (TPSA) is 93.7 Å². The van der Waals surface area contributed by atoms with Crippen molar-refractivity contribution in [3.63, 3.8) is 0 Å². The van der Waals surface area contributed by atoms with Gasteiger partial charge in [0.2, 0.25) is 0 Å². The summed E-state index contributed by atoms with van der Waals surface area (Å²) in [5, 5.41) is 4.63. The van der Waals surface area contributed by atoms with Gasteiger partial charge in [-0.15, -0.1) is 0 Å². The van der Waals surface area contributed by atoms with Crippen LogP contribution in [0.2, 0.25) is 0 Å². The van der Waals surface area contributed by atoms with Gasteiger partial charge in [-0.05, 0) is 39.3 Å². The summed E-state index contributed by atoms with van der Waals surface area (Å²) in [4.78, 5) is 35.5. The number of rotatable bonds is 7. The summed E-state index contributed by atoms with van der Waals surface area (Å²) in [7, 11) is 0. The Kier molecular flexibility index (Phi) is 7.74. The average molecular weight is 336 g/mol. The highest BCUT2D eigenvalue weighted by Crippen LogP contribution is 2.14. The van der Waals surface area contributed by atoms with Crippen LogP contribution in [0.4, 0.5) is 4.79 Å². The van der Waals surface area contributed by atoms with E-state index in [1.54, 1.807) is 45.0 Å². The van der Waals surface area contributed by atoms with Crippen molar-refractivity contribution < 1.29 is 23.9 Å². The fraction of sp³-hybridized carbons (Fsp3) is 0.471. The first-order valence-electron chi connectivity index (χ1n) is 7.87. The molecule has 0 aliphatic carbocycles. The van der Waals surface area contributed by atoms with Gasteiger partial charge in [-0.3, -0.25) is 10.1 Å². The predicted octanol–water partition coefficient (Wildman–Crippen LogP) is 2.01. The highest BCUT2D eigenvalue weighted by atomic mass is 16.6. The van der Waals surface area contributed by atoms with E-state index in [2.05, 4.69) is 10.6 Å². The lowest BCUT2D eigenvalue weighted by molar-refractivity contribution is -0.161. The van der Waals surface area contributed by atoms with Crippen molar-refractivity contribution in [2.24, 2.45) is 0 Å². The van der Waals surface area contributed by atoms with Crippen LogP contribution >= 0.6 is 0 Å². The maximum absolute atomic E-state index is 12.1. The molecule has 0 saturated heterocycles. The molecule has 0 bridgehead atoms. The number of hydrogen-bond acceptors (Lipinski definition) is 5. The normalized spacial score (nSPS) is 12.9. The second kappa shape index (κ2) is 9.54. The zero-order valence-electron chi connectivity index (χ0n) is 14.4. The molecule has 132 valence electrons. The van der Waals surface area contributed by atoms with Crippen LogP contribution in [0.5, 0.6) is 5.75 Å². The Morgan fingerprint density at radius 1 is 1.08 bits per heavy atom. The maximum Gasteiger partial charge on any atom is 0.348 e. The molecule has 1 rings (SSSR count). The fourth-order valence-corrected chi connectivity index (χ4v) is 1.78. The second-order valence-corrected chi connectivity index (χ2v) is 5.52. The van der Waals surface area contributed by atoms with Crippen LogP contribution < -0.4 is 15.4 Å². The lowest BCUT2D eigenvalue weighted by Crippen LogP contribution is -2.47. The minimum absolute atomic E-state index is 0.112. The van der Waals surface area contributed by atoms with E-state index in [-0.39, 0.29) is 6.04 Å². The Hall–Kier alpha value is -2.57. The Labute approximate surface area is 141 Å². The van der Waals surface area contributed by atoms with Crippen LogP contribution in [-0.4, -0.2) is 36.2 Å². The molecule has 7 heteroatoms. The van der Waals surface area contributed by atoms with Crippen LogP contribution in [0.15, 0.2) is 30.3 Å². The van der Waals surface area contributed by atoms with E-state index in [1.807, 2.05) is 6.07 Å². The van der Waals surface area contributed by atoms with Gasteiger partial charge in [0.05, 0.1) is 0 Å². The van der Waals surface area contributed by atoms with E-state index < -0.39 is 30.1 Å². The number of esters is 1. The van der Waals surface area contributed by atoms with Gasteiger partial charge < -0.3 is 14.8 Å². The molecule has 0 aliphatic rings. The smallest absolute Gasteiger partial charge is 0.348 e. The van der Waals surface area contributed by atoms with Crippen molar-refractivity contribution >= 4 is 17.9 Å². The SMILES string of the molecule is CC[C@H](Oc1ccccc1)C(=O)O[C@H](C)C(=O)NC(=O)NC(C)C. The summed E-state index contributed by atoms with van der Waals surface area (Å²) in [6.07, 6.45) is -1.55. The summed E-state index contributed by atoms with van der Waals surface area (Å²) in [6.45, 7) is 6.70. The quantitative estimate of drug-likeness (QED) is 0.743. The van der Waals surface area contributed by atoms with Crippen molar-refractivity contribution in [1.82, 2.24) is 10.6 Å². The summed E-state index contributed by atoms with van der Waals surface area (Å²) >= 11 is 0. The molecule has 24 heavy (non-hydrogen) atoms. The largest absolute Gasteiger partial charge is 0.479 e. The Morgan fingerprint density at radius 2 is 1.71 bits per heavy atom. The fourth-order valence-electron chi connectivity index (χ4n) is 1.78. The zero-order chi connectivity index (χ0) is 18.1. The molecule has 2 N–H and O–H groups in total. The predicted molar refractivity (Wildman–Crippen MR) is 88.5 cm³/mol. The molecule has 0 radical (unpaired) electrons. The molecule has 3 amide bonds. The summed E-state index contributed by atoms with van der Waals surface area (Å²) in [6, 6.07) is 8.11. The summed E-state index contributed by atoms with van der Waals surface area (Å²) in [5.41, 5.74) is 0. The van der Waals surface area contributed by atoms with Crippen molar-refractivity contribution in [3.8, 4) is 5.75 Å². The number of carbonyl (C=O) groups is 3. The first kappa shape index (κ1) is 19.5. The number of para-hydroxylation sites is 1. The van der Waals surface area contributed by atoms with Crippen molar-refractivity contribution in [2.75, 3.05) is 0 Å². The first-order chi connectivity index (χ1) is 11.3. The van der Waals surface area contributed by atoms with Crippen molar-refractivity contribution in [2.45, 2.75) is 52.4 Å². The van der Waals surface area contributed by atoms with Crippen LogP contribution in [0.3, 0.4) is 0 Å². The number of nitrogens with one attached hydrogen (secondary N) is 2. The van der Waals surface area contributed by atoms with Gasteiger partial charge in [-0.1, -0.05) is 25.1 Å². The second-order valence-electron chi connectivity index (χ2n) is 5.52. The monoisotopic (exact) mass is 336 g/mol. The third-order valence-corrected chi connectivity index (χ3v) is 2.97. The Balaban J connectivity index is 2.54. The molecule has 1 aromatic rings. The lowest BCUT2D eigenvalue weighted by atomic mass is 10.2. The first-order valence-corrected chi connectivity index (χ1v) is 7.87. The highest BCUT2D eigenvalue weighted by molar-refractivity contribution is 5.97. The Morgan fingerprint density at radius 3 is 2.25 bits per heavy atom. The van der Waals surface area contributed by atoms with E-state index in [0.717, 1.165) is 0 Å². The molecule has 0 heterocycles. The van der Waals surface area contributed by atoms with Crippen molar-refractivity contribution in [1.29, 1.82) is 0 Å². The minimum atomic E-state index is -1.11. The van der Waals surface area contributed by atoms with Crippen LogP contribution in [0.1, 0.15) is 34.1 Å². The van der Waals surface area contributed by atoms with E-state index in [0.29, 0.717) is 12.2 Å². The lowest BCUT2D eigenvalue weighted by Gasteiger charge is -2.19. The van der Waals surface area contributed by atoms with Crippen LogP contribution in [0, 0.1) is 0 Å². The Bertz CT molecular complexity index is 559. The van der Waals surface area contributed by atoms with Crippen LogP contribution in [-0.2, 0) is 14.3 Å². The number of carbonyl (C=O) groups excluding carboxylic acids is 3. The molecule has 0 spiro atoms. The molecular weight excluding hydrogens is 312 g/mol. The molecule has 7 nitrogen and oxygen atoms in total. The third kappa shape index (κ3) is 6.68. The molecule has 0 unspecified atom stereocenters. The number of ether oxygens (including phenoxy) is 2. The average Bonchev–Trinajstić information content (AvgIpc) is 2.52. The number of imide groups is 1. The molecule has 1 aromatic carbocycles. The van der Waals surface area contributed by atoms with E-state index in [9.17, 15) is 14.4 Å². The van der Waals surface area contributed by atoms with Gasteiger partial charge in [0.25, 0.3) is 5.91 Å². The zero-order valence-corrected chi connectivity index (χ0v) is 14.4. The number of benzene rings is 1. The van der Waals surface area contributed by atoms with Gasteiger partial charge in [-0.2, -0.15) is 0 Å². The van der Waals surface area contributed by atoms with Gasteiger partial charge in [0.15, 0.2) is 12.2 Å². The molecule has 0 fully saturated rings. The number of hydrogen-bond donors (Lipinski definition) is 2. The number of urea groups is 1. The van der Waals surface area contributed by atoms with Crippen LogP contribution in [0.25, 0.3) is 0 Å². The maximum atomic E-state index is 12.1. The van der Waals surface area contributed by atoms with E-state index in [4.69, 9.17) is 9.47 Å². The van der Waals surface area contributed by atoms with Gasteiger partial charge in [-0.25, -0.2) is 9.59 Å². The van der Waals surface area contributed by atoms with Gasteiger partial charge in [0.1, 0.15) is 5.75 Å². The standard InChI is InChI=1S/C17H24N2O5/c1-5-14(24-13-9-7-6-8-10-13)16(21)23-12(4)15(20)19-17(22)18-11(2)3/h6-12,14H,5H2,1-4H3,(H2,18,19,20,22)/t12-,14+/m1/s1. The summed E-state index contributed by atoms with van der Waals surface area (Å²) in [5.74, 6) is -0.820.